The zero-order valence-corrected chi connectivity index (χ0v) is 21.1. The van der Waals surface area contributed by atoms with Gasteiger partial charge in [-0.25, -0.2) is 9.78 Å². The Morgan fingerprint density at radius 3 is 2.34 bits per heavy atom. The Morgan fingerprint density at radius 1 is 1.12 bits per heavy atom. The second kappa shape index (κ2) is 11.0. The van der Waals surface area contributed by atoms with E-state index in [1.807, 2.05) is 36.4 Å². The van der Waals surface area contributed by atoms with Gasteiger partial charge in [0.1, 0.15) is 5.75 Å². The van der Waals surface area contributed by atoms with E-state index in [0.717, 1.165) is 29.8 Å². The summed E-state index contributed by atoms with van der Waals surface area (Å²) in [6, 6.07) is 16.0. The largest absolute Gasteiger partial charge is 0.497 e. The molecule has 0 aliphatic carbocycles. The number of imidazole rings is 1. The summed E-state index contributed by atoms with van der Waals surface area (Å²) in [5.41, 5.74) is 3.46. The van der Waals surface area contributed by atoms with E-state index in [2.05, 4.69) is 51.5 Å². The average molecular weight is 520 g/mol. The van der Waals surface area contributed by atoms with Crippen molar-refractivity contribution in [2.45, 2.75) is 45.6 Å². The van der Waals surface area contributed by atoms with Crippen molar-refractivity contribution < 1.29 is 14.3 Å². The molecule has 1 unspecified atom stereocenters. The van der Waals surface area contributed by atoms with Gasteiger partial charge in [-0.05, 0) is 84.9 Å². The standard InChI is InChI=1S/C25H28BrClN2O3/c1-5-32-24(30)22-23(29(16(2)3)25(26)28-22)21(18-9-11-19(27)12-10-18)15-8-17-6-13-20(31-4)14-7-17/h6-7,9-14,16,21H,5,8,15H2,1-4H3. The third-order valence-electron chi connectivity index (χ3n) is 5.37. The molecule has 2 aromatic carbocycles. The first-order valence-electron chi connectivity index (χ1n) is 10.7. The average Bonchev–Trinajstić information content (AvgIpc) is 3.13. The summed E-state index contributed by atoms with van der Waals surface area (Å²) in [6.45, 7) is 6.24. The Labute approximate surface area is 202 Å². The first-order chi connectivity index (χ1) is 15.3. The van der Waals surface area contributed by atoms with Gasteiger partial charge in [0.2, 0.25) is 0 Å². The number of nitrogens with zero attached hydrogens (tertiary/aromatic N) is 2. The monoisotopic (exact) mass is 518 g/mol. The number of carbonyl (C=O) groups is 1. The number of hydrogen-bond acceptors (Lipinski definition) is 4. The van der Waals surface area contributed by atoms with Gasteiger partial charge in [0.15, 0.2) is 10.4 Å². The van der Waals surface area contributed by atoms with Gasteiger partial charge in [0, 0.05) is 17.0 Å². The molecule has 0 N–H and O–H groups in total. The van der Waals surface area contributed by atoms with Crippen LogP contribution in [0.2, 0.25) is 5.02 Å². The van der Waals surface area contributed by atoms with Gasteiger partial charge in [-0.2, -0.15) is 0 Å². The van der Waals surface area contributed by atoms with Crippen LogP contribution in [-0.4, -0.2) is 29.2 Å². The summed E-state index contributed by atoms with van der Waals surface area (Å²) in [6.07, 6.45) is 1.60. The minimum Gasteiger partial charge on any atom is -0.497 e. The van der Waals surface area contributed by atoms with Crippen molar-refractivity contribution in [3.8, 4) is 5.75 Å². The minimum absolute atomic E-state index is 0.0741. The highest BCUT2D eigenvalue weighted by atomic mass is 79.9. The predicted molar refractivity (Wildman–Crippen MR) is 131 cm³/mol. The topological polar surface area (TPSA) is 53.3 Å². The van der Waals surface area contributed by atoms with Crippen LogP contribution >= 0.6 is 27.5 Å². The molecule has 0 radical (unpaired) electrons. The molecule has 0 spiro atoms. The number of rotatable bonds is 9. The Bertz CT molecular complexity index is 1050. The smallest absolute Gasteiger partial charge is 0.358 e. The maximum atomic E-state index is 12.8. The number of methoxy groups -OCH3 is 1. The summed E-state index contributed by atoms with van der Waals surface area (Å²) in [7, 11) is 1.66. The summed E-state index contributed by atoms with van der Waals surface area (Å²) < 4.78 is 13.3. The molecule has 3 rings (SSSR count). The molecule has 5 nitrogen and oxygen atoms in total. The van der Waals surface area contributed by atoms with Crippen LogP contribution in [0.3, 0.4) is 0 Å². The molecule has 0 bridgehead atoms. The van der Waals surface area contributed by atoms with Crippen molar-refractivity contribution in [3.05, 3.63) is 80.8 Å². The van der Waals surface area contributed by atoms with Crippen molar-refractivity contribution in [2.24, 2.45) is 0 Å². The van der Waals surface area contributed by atoms with Crippen LogP contribution in [0.25, 0.3) is 0 Å². The normalized spacial score (nSPS) is 12.1. The Balaban J connectivity index is 2.07. The van der Waals surface area contributed by atoms with E-state index in [0.29, 0.717) is 22.1 Å². The number of aryl methyl sites for hydroxylation is 1. The van der Waals surface area contributed by atoms with Crippen LogP contribution in [0, 0.1) is 0 Å². The van der Waals surface area contributed by atoms with Crippen LogP contribution < -0.4 is 4.74 Å². The Morgan fingerprint density at radius 2 is 1.78 bits per heavy atom. The molecule has 3 aromatic rings. The van der Waals surface area contributed by atoms with Gasteiger partial charge >= 0.3 is 5.97 Å². The van der Waals surface area contributed by atoms with E-state index >= 15 is 0 Å². The summed E-state index contributed by atoms with van der Waals surface area (Å²) >= 11 is 9.72. The van der Waals surface area contributed by atoms with Gasteiger partial charge in [0.05, 0.1) is 19.4 Å². The molecule has 0 amide bonds. The van der Waals surface area contributed by atoms with Crippen LogP contribution in [0.15, 0.2) is 53.3 Å². The van der Waals surface area contributed by atoms with E-state index < -0.39 is 5.97 Å². The molecule has 1 heterocycles. The van der Waals surface area contributed by atoms with Gasteiger partial charge in [0.25, 0.3) is 0 Å². The fourth-order valence-corrected chi connectivity index (χ4v) is 4.75. The minimum atomic E-state index is -0.411. The van der Waals surface area contributed by atoms with Crippen LogP contribution in [0.4, 0.5) is 0 Å². The first-order valence-corrected chi connectivity index (χ1v) is 11.9. The lowest BCUT2D eigenvalue weighted by atomic mass is 9.88. The summed E-state index contributed by atoms with van der Waals surface area (Å²) in [5.74, 6) is 0.343. The van der Waals surface area contributed by atoms with Gasteiger partial charge in [-0.15, -0.1) is 0 Å². The van der Waals surface area contributed by atoms with Crippen molar-refractivity contribution in [1.82, 2.24) is 9.55 Å². The molecule has 7 heteroatoms. The predicted octanol–water partition coefficient (Wildman–Crippen LogP) is 6.83. The van der Waals surface area contributed by atoms with E-state index in [4.69, 9.17) is 21.1 Å². The number of esters is 1. The number of ether oxygens (including phenoxy) is 2. The number of carbonyl (C=O) groups excluding carboxylic acids is 1. The lowest BCUT2D eigenvalue weighted by Gasteiger charge is -2.23. The fraction of sp³-hybridized carbons (Fsp3) is 0.360. The second-order valence-corrected chi connectivity index (χ2v) is 8.94. The van der Waals surface area contributed by atoms with Crippen molar-refractivity contribution >= 4 is 33.5 Å². The molecule has 0 saturated heterocycles. The molecule has 0 aliphatic rings. The molecule has 1 aromatic heterocycles. The molecular formula is C25H28BrClN2O3. The lowest BCUT2D eigenvalue weighted by molar-refractivity contribution is 0.0518. The summed E-state index contributed by atoms with van der Waals surface area (Å²) in [4.78, 5) is 17.4. The highest BCUT2D eigenvalue weighted by molar-refractivity contribution is 9.10. The van der Waals surface area contributed by atoms with Crippen molar-refractivity contribution in [2.75, 3.05) is 13.7 Å². The fourth-order valence-electron chi connectivity index (χ4n) is 3.85. The molecule has 0 aliphatic heterocycles. The van der Waals surface area contributed by atoms with Crippen molar-refractivity contribution in [1.29, 1.82) is 0 Å². The van der Waals surface area contributed by atoms with Crippen LogP contribution in [0.5, 0.6) is 5.75 Å². The molecule has 32 heavy (non-hydrogen) atoms. The molecule has 170 valence electrons. The highest BCUT2D eigenvalue weighted by Gasteiger charge is 2.30. The van der Waals surface area contributed by atoms with Gasteiger partial charge in [-0.3, -0.25) is 0 Å². The molecule has 0 saturated carbocycles. The maximum Gasteiger partial charge on any atom is 0.358 e. The number of halogens is 2. The van der Waals surface area contributed by atoms with E-state index in [1.54, 1.807) is 14.0 Å². The molecule has 0 fully saturated rings. The second-order valence-electron chi connectivity index (χ2n) is 7.79. The van der Waals surface area contributed by atoms with E-state index in [1.165, 1.54) is 5.56 Å². The molecule has 1 atom stereocenters. The third-order valence-corrected chi connectivity index (χ3v) is 6.18. The van der Waals surface area contributed by atoms with Gasteiger partial charge < -0.3 is 14.0 Å². The SMILES string of the molecule is CCOC(=O)c1nc(Br)n(C(C)C)c1C(CCc1ccc(OC)cc1)c1ccc(Cl)cc1. The van der Waals surface area contributed by atoms with E-state index in [9.17, 15) is 4.79 Å². The Kier molecular flexibility index (Phi) is 8.38. The quantitative estimate of drug-likeness (QED) is 0.291. The van der Waals surface area contributed by atoms with E-state index in [-0.39, 0.29) is 12.0 Å². The lowest BCUT2D eigenvalue weighted by Crippen LogP contribution is -2.17. The highest BCUT2D eigenvalue weighted by Crippen LogP contribution is 2.36. The molecular weight excluding hydrogens is 492 g/mol. The summed E-state index contributed by atoms with van der Waals surface area (Å²) in [5, 5.41) is 0.673. The van der Waals surface area contributed by atoms with Crippen molar-refractivity contribution in [3.63, 3.8) is 0 Å². The zero-order valence-electron chi connectivity index (χ0n) is 18.8. The number of benzene rings is 2. The van der Waals surface area contributed by atoms with Gasteiger partial charge in [-0.1, -0.05) is 35.9 Å². The third kappa shape index (κ3) is 5.54. The first kappa shape index (κ1) is 24.3. The van der Waals surface area contributed by atoms with Crippen LogP contribution in [-0.2, 0) is 11.2 Å². The Hall–Kier alpha value is -2.31. The van der Waals surface area contributed by atoms with Crippen LogP contribution in [0.1, 0.15) is 66.5 Å². The number of aromatic nitrogens is 2. The number of hydrogen-bond donors (Lipinski definition) is 0. The maximum absolute atomic E-state index is 12.8. The zero-order chi connectivity index (χ0) is 23.3.